The van der Waals surface area contributed by atoms with Crippen LogP contribution in [0.3, 0.4) is 0 Å². The lowest BCUT2D eigenvalue weighted by molar-refractivity contribution is 0.424. The number of hydrogen-bond donors (Lipinski definition) is 2. The molecule has 0 saturated carbocycles. The molecular formula is C11H20N4O4S2. The van der Waals surface area contributed by atoms with Gasteiger partial charge in [-0.2, -0.15) is 0 Å². The molecule has 0 spiro atoms. The highest BCUT2D eigenvalue weighted by Gasteiger charge is 2.18. The summed E-state index contributed by atoms with van der Waals surface area (Å²) in [5, 5.41) is 0. The van der Waals surface area contributed by atoms with Crippen molar-refractivity contribution in [1.82, 2.24) is 14.0 Å². The quantitative estimate of drug-likeness (QED) is 0.624. The average Bonchev–Trinajstić information content (AvgIpc) is 2.37. The van der Waals surface area contributed by atoms with Gasteiger partial charge in [-0.25, -0.2) is 30.8 Å². The normalized spacial score (nSPS) is 12.7. The molecule has 1 aromatic rings. The molecule has 0 aliphatic heterocycles. The van der Waals surface area contributed by atoms with E-state index < -0.39 is 20.0 Å². The molecule has 0 unspecified atom stereocenters. The third-order valence-corrected chi connectivity index (χ3v) is 5.67. The highest BCUT2D eigenvalue weighted by atomic mass is 32.2. The second-order valence-corrected chi connectivity index (χ2v) is 8.11. The Labute approximate surface area is 125 Å². The summed E-state index contributed by atoms with van der Waals surface area (Å²) in [6, 6.07) is 2.84. The Bertz CT molecular complexity index is 673. The predicted octanol–water partition coefficient (Wildman–Crippen LogP) is -0.386. The van der Waals surface area contributed by atoms with Crippen molar-refractivity contribution in [2.24, 2.45) is 0 Å². The van der Waals surface area contributed by atoms with E-state index in [0.29, 0.717) is 13.0 Å². The van der Waals surface area contributed by atoms with Crippen LogP contribution >= 0.6 is 0 Å². The molecular weight excluding hydrogens is 316 g/mol. The van der Waals surface area contributed by atoms with Crippen molar-refractivity contribution in [1.29, 1.82) is 0 Å². The number of aromatic nitrogens is 1. The Morgan fingerprint density at radius 2 is 2.00 bits per heavy atom. The summed E-state index contributed by atoms with van der Waals surface area (Å²) in [5.41, 5.74) is 5.52. The van der Waals surface area contributed by atoms with Crippen LogP contribution < -0.4 is 10.5 Å². The number of nitrogen functional groups attached to an aromatic ring is 1. The molecule has 0 radical (unpaired) electrons. The van der Waals surface area contributed by atoms with Gasteiger partial charge in [0.05, 0.1) is 6.26 Å². The lowest BCUT2D eigenvalue weighted by Gasteiger charge is -2.17. The molecule has 1 heterocycles. The summed E-state index contributed by atoms with van der Waals surface area (Å²) in [6.07, 6.45) is 2.89. The van der Waals surface area contributed by atoms with Gasteiger partial charge in [0, 0.05) is 25.8 Å². The Balaban J connectivity index is 2.58. The number of rotatable bonds is 8. The van der Waals surface area contributed by atoms with Crippen molar-refractivity contribution in [2.45, 2.75) is 18.2 Å². The molecule has 120 valence electrons. The van der Waals surface area contributed by atoms with Crippen LogP contribution in [0.25, 0.3) is 0 Å². The third-order valence-electron chi connectivity index (χ3n) is 2.79. The monoisotopic (exact) mass is 336 g/mol. The molecule has 21 heavy (non-hydrogen) atoms. The van der Waals surface area contributed by atoms with Gasteiger partial charge in [-0.15, -0.1) is 0 Å². The standard InChI is InChI=1S/C11H20N4O4S2/c1-3-15(20(2,16)17)9-5-8-14-21(18,19)10-6-4-7-13-11(10)12/h4,6-7,14H,3,5,8-9H2,1-2H3,(H2,12,13). The molecule has 1 rings (SSSR count). The summed E-state index contributed by atoms with van der Waals surface area (Å²) >= 11 is 0. The lowest BCUT2D eigenvalue weighted by Crippen LogP contribution is -2.33. The van der Waals surface area contributed by atoms with Gasteiger partial charge in [0.15, 0.2) is 0 Å². The molecule has 0 fully saturated rings. The van der Waals surface area contributed by atoms with Gasteiger partial charge in [-0.3, -0.25) is 0 Å². The van der Waals surface area contributed by atoms with E-state index in [1.165, 1.54) is 22.6 Å². The molecule has 3 N–H and O–H groups in total. The fourth-order valence-electron chi connectivity index (χ4n) is 1.73. The highest BCUT2D eigenvalue weighted by molar-refractivity contribution is 7.89. The van der Waals surface area contributed by atoms with Gasteiger partial charge >= 0.3 is 0 Å². The van der Waals surface area contributed by atoms with Crippen molar-refractivity contribution in [3.05, 3.63) is 18.3 Å². The van der Waals surface area contributed by atoms with E-state index in [9.17, 15) is 16.8 Å². The van der Waals surface area contributed by atoms with Gasteiger partial charge in [0.25, 0.3) is 0 Å². The zero-order valence-corrected chi connectivity index (χ0v) is 13.6. The first-order valence-electron chi connectivity index (χ1n) is 6.33. The van der Waals surface area contributed by atoms with Gasteiger partial charge in [0.1, 0.15) is 10.7 Å². The molecule has 8 nitrogen and oxygen atoms in total. The Morgan fingerprint density at radius 3 is 2.52 bits per heavy atom. The van der Waals surface area contributed by atoms with E-state index in [1.807, 2.05) is 0 Å². The molecule has 0 aliphatic rings. The zero-order chi connectivity index (χ0) is 16.1. The molecule has 0 saturated heterocycles. The minimum Gasteiger partial charge on any atom is -0.383 e. The SMILES string of the molecule is CCN(CCCNS(=O)(=O)c1cccnc1N)S(C)(=O)=O. The maximum atomic E-state index is 12.0. The Morgan fingerprint density at radius 1 is 1.33 bits per heavy atom. The van der Waals surface area contributed by atoms with E-state index in [1.54, 1.807) is 6.92 Å². The van der Waals surface area contributed by atoms with E-state index in [2.05, 4.69) is 9.71 Å². The van der Waals surface area contributed by atoms with Crippen molar-refractivity contribution in [3.63, 3.8) is 0 Å². The topological polar surface area (TPSA) is 122 Å². The first kappa shape index (κ1) is 17.8. The number of anilines is 1. The molecule has 0 aliphatic carbocycles. The summed E-state index contributed by atoms with van der Waals surface area (Å²) in [6.45, 7) is 2.44. The van der Waals surface area contributed by atoms with E-state index >= 15 is 0 Å². The fraction of sp³-hybridized carbons (Fsp3) is 0.545. The molecule has 0 amide bonds. The van der Waals surface area contributed by atoms with Crippen LogP contribution in [-0.2, 0) is 20.0 Å². The van der Waals surface area contributed by atoms with Crippen LogP contribution in [0.4, 0.5) is 5.82 Å². The Hall–Kier alpha value is -1.23. The van der Waals surface area contributed by atoms with E-state index in [0.717, 1.165) is 6.26 Å². The average molecular weight is 336 g/mol. The molecule has 0 bridgehead atoms. The van der Waals surface area contributed by atoms with Crippen molar-refractivity contribution in [3.8, 4) is 0 Å². The maximum absolute atomic E-state index is 12.0. The number of sulfonamides is 2. The molecule has 0 aromatic carbocycles. The van der Waals surface area contributed by atoms with Crippen molar-refractivity contribution >= 4 is 25.9 Å². The largest absolute Gasteiger partial charge is 0.383 e. The first-order chi connectivity index (χ1) is 9.68. The minimum atomic E-state index is -3.74. The minimum absolute atomic E-state index is 0.0729. The van der Waals surface area contributed by atoms with Gasteiger partial charge < -0.3 is 5.73 Å². The zero-order valence-electron chi connectivity index (χ0n) is 12.0. The second-order valence-electron chi connectivity index (χ2n) is 4.39. The van der Waals surface area contributed by atoms with Gasteiger partial charge in [-0.1, -0.05) is 6.92 Å². The third kappa shape index (κ3) is 5.23. The lowest BCUT2D eigenvalue weighted by atomic mass is 10.4. The summed E-state index contributed by atoms with van der Waals surface area (Å²) < 4.78 is 50.4. The summed E-state index contributed by atoms with van der Waals surface area (Å²) in [5.74, 6) is -0.0729. The van der Waals surface area contributed by atoms with Crippen molar-refractivity contribution < 1.29 is 16.8 Å². The van der Waals surface area contributed by atoms with Gasteiger partial charge in [0.2, 0.25) is 20.0 Å². The summed E-state index contributed by atoms with van der Waals surface area (Å²) in [7, 11) is -7.00. The predicted molar refractivity (Wildman–Crippen MR) is 80.5 cm³/mol. The molecule has 0 atom stereocenters. The number of nitrogens with zero attached hydrogens (tertiary/aromatic N) is 2. The fourth-order valence-corrected chi connectivity index (χ4v) is 3.81. The van der Waals surface area contributed by atoms with Crippen LogP contribution in [0.1, 0.15) is 13.3 Å². The highest BCUT2D eigenvalue weighted by Crippen LogP contribution is 2.13. The van der Waals surface area contributed by atoms with E-state index in [4.69, 9.17) is 5.73 Å². The van der Waals surface area contributed by atoms with Crippen LogP contribution in [-0.4, -0.2) is 52.0 Å². The number of nitrogens with one attached hydrogen (secondary N) is 1. The van der Waals surface area contributed by atoms with Crippen LogP contribution in [0.15, 0.2) is 23.2 Å². The maximum Gasteiger partial charge on any atom is 0.244 e. The van der Waals surface area contributed by atoms with Crippen LogP contribution in [0.2, 0.25) is 0 Å². The van der Waals surface area contributed by atoms with Crippen molar-refractivity contribution in [2.75, 3.05) is 31.6 Å². The summed E-state index contributed by atoms with van der Waals surface area (Å²) in [4.78, 5) is 3.64. The first-order valence-corrected chi connectivity index (χ1v) is 9.67. The molecule has 1 aromatic heterocycles. The second kappa shape index (κ2) is 7.16. The number of pyridine rings is 1. The van der Waals surface area contributed by atoms with Gasteiger partial charge in [-0.05, 0) is 18.6 Å². The smallest absolute Gasteiger partial charge is 0.244 e. The number of hydrogen-bond acceptors (Lipinski definition) is 6. The van der Waals surface area contributed by atoms with Crippen LogP contribution in [0.5, 0.6) is 0 Å². The van der Waals surface area contributed by atoms with E-state index in [-0.39, 0.29) is 23.8 Å². The molecule has 10 heteroatoms. The Kier molecular flexibility index (Phi) is 6.08. The number of nitrogens with two attached hydrogens (primary N) is 1. The van der Waals surface area contributed by atoms with Crippen LogP contribution in [0, 0.1) is 0 Å².